The third-order valence-corrected chi connectivity index (χ3v) is 3.35. The molecular formula is C10H18O2Si. The summed E-state index contributed by atoms with van der Waals surface area (Å²) in [4.78, 5) is 10.4. The van der Waals surface area contributed by atoms with E-state index in [-0.39, 0.29) is 0 Å². The topological polar surface area (TPSA) is 26.3 Å². The normalized spacial score (nSPS) is 26.7. The van der Waals surface area contributed by atoms with E-state index in [0.717, 1.165) is 19.5 Å². The first-order valence-corrected chi connectivity index (χ1v) is 8.33. The van der Waals surface area contributed by atoms with Crippen molar-refractivity contribution in [1.29, 1.82) is 0 Å². The fraction of sp³-hybridized carbons (Fsp3) is 0.700. The Bertz CT molecular complexity index is 215. The summed E-state index contributed by atoms with van der Waals surface area (Å²) in [6.07, 6.45) is 1.62. The van der Waals surface area contributed by atoms with E-state index in [1.165, 1.54) is 5.57 Å². The Kier molecular flexibility index (Phi) is 3.45. The van der Waals surface area contributed by atoms with Crippen molar-refractivity contribution in [2.75, 3.05) is 13.2 Å². The van der Waals surface area contributed by atoms with Crippen molar-refractivity contribution < 1.29 is 9.53 Å². The summed E-state index contributed by atoms with van der Waals surface area (Å²) in [7, 11) is -1.15. The number of carbonyl (C=O) groups is 1. The van der Waals surface area contributed by atoms with Crippen LogP contribution in [0.4, 0.5) is 0 Å². The van der Waals surface area contributed by atoms with E-state index >= 15 is 0 Å². The van der Waals surface area contributed by atoms with Crippen LogP contribution < -0.4 is 0 Å². The molecule has 1 unspecified atom stereocenters. The van der Waals surface area contributed by atoms with Gasteiger partial charge >= 0.3 is 0 Å². The SMILES string of the molecule is C[Si](C)(C)/C=C1\COCC1CC=O. The van der Waals surface area contributed by atoms with Gasteiger partial charge in [0.05, 0.1) is 21.3 Å². The van der Waals surface area contributed by atoms with Gasteiger partial charge in [0.1, 0.15) is 6.29 Å². The quantitative estimate of drug-likeness (QED) is 0.512. The molecule has 13 heavy (non-hydrogen) atoms. The van der Waals surface area contributed by atoms with Crippen molar-refractivity contribution >= 4 is 14.4 Å². The highest BCUT2D eigenvalue weighted by molar-refractivity contribution is 6.81. The number of hydrogen-bond acceptors (Lipinski definition) is 2. The van der Waals surface area contributed by atoms with Gasteiger partial charge in [-0.1, -0.05) is 25.3 Å². The molecule has 0 aromatic carbocycles. The Morgan fingerprint density at radius 3 is 2.77 bits per heavy atom. The predicted octanol–water partition coefficient (Wildman–Crippen LogP) is 2.03. The summed E-state index contributed by atoms with van der Waals surface area (Å²) in [5.74, 6) is 0.365. The number of carbonyl (C=O) groups excluding carboxylic acids is 1. The monoisotopic (exact) mass is 198 g/mol. The fourth-order valence-corrected chi connectivity index (χ4v) is 3.03. The van der Waals surface area contributed by atoms with Gasteiger partial charge in [-0.25, -0.2) is 0 Å². The molecule has 1 saturated heterocycles. The van der Waals surface area contributed by atoms with Gasteiger partial charge < -0.3 is 9.53 Å². The molecule has 1 atom stereocenters. The van der Waals surface area contributed by atoms with Crippen molar-refractivity contribution in [3.63, 3.8) is 0 Å². The van der Waals surface area contributed by atoms with E-state index in [1.807, 2.05) is 0 Å². The molecule has 1 rings (SSSR count). The van der Waals surface area contributed by atoms with Crippen molar-refractivity contribution in [3.8, 4) is 0 Å². The second-order valence-electron chi connectivity index (χ2n) is 4.70. The lowest BCUT2D eigenvalue weighted by Crippen LogP contribution is -2.18. The Morgan fingerprint density at radius 2 is 2.23 bits per heavy atom. The maximum absolute atomic E-state index is 10.4. The molecule has 74 valence electrons. The maximum Gasteiger partial charge on any atom is 0.120 e. The van der Waals surface area contributed by atoms with Crippen molar-refractivity contribution in [2.45, 2.75) is 26.1 Å². The van der Waals surface area contributed by atoms with Crippen molar-refractivity contribution in [2.24, 2.45) is 5.92 Å². The number of rotatable bonds is 3. The van der Waals surface area contributed by atoms with Crippen LogP contribution in [0.15, 0.2) is 11.3 Å². The smallest absolute Gasteiger partial charge is 0.120 e. The number of ether oxygens (including phenoxy) is 1. The van der Waals surface area contributed by atoms with Gasteiger partial charge in [-0.05, 0) is 5.57 Å². The molecular weight excluding hydrogens is 180 g/mol. The molecule has 0 saturated carbocycles. The average Bonchev–Trinajstić information content (AvgIpc) is 2.34. The van der Waals surface area contributed by atoms with Crippen LogP contribution in [0.2, 0.25) is 19.6 Å². The summed E-state index contributed by atoms with van der Waals surface area (Å²) in [6.45, 7) is 8.38. The summed E-state index contributed by atoms with van der Waals surface area (Å²) in [6, 6.07) is 0. The van der Waals surface area contributed by atoms with E-state index in [2.05, 4.69) is 25.3 Å². The third kappa shape index (κ3) is 3.44. The average molecular weight is 198 g/mol. The largest absolute Gasteiger partial charge is 0.376 e. The minimum absolute atomic E-state index is 0.365. The van der Waals surface area contributed by atoms with Gasteiger partial charge in [-0.3, -0.25) is 0 Å². The molecule has 1 fully saturated rings. The van der Waals surface area contributed by atoms with E-state index in [1.54, 1.807) is 0 Å². The molecule has 0 bridgehead atoms. The van der Waals surface area contributed by atoms with Gasteiger partial charge in [-0.2, -0.15) is 0 Å². The van der Waals surface area contributed by atoms with Crippen molar-refractivity contribution in [3.05, 3.63) is 11.3 Å². The van der Waals surface area contributed by atoms with E-state index in [4.69, 9.17) is 4.74 Å². The minimum Gasteiger partial charge on any atom is -0.376 e. The van der Waals surface area contributed by atoms with Gasteiger partial charge in [0.25, 0.3) is 0 Å². The number of aldehydes is 1. The van der Waals surface area contributed by atoms with Gasteiger partial charge in [0.2, 0.25) is 0 Å². The lowest BCUT2D eigenvalue weighted by molar-refractivity contribution is -0.108. The van der Waals surface area contributed by atoms with Crippen LogP contribution in [-0.4, -0.2) is 27.6 Å². The third-order valence-electron chi connectivity index (χ3n) is 2.11. The molecule has 3 heteroatoms. The predicted molar refractivity (Wildman–Crippen MR) is 56.4 cm³/mol. The standard InChI is InChI=1S/C10H18O2Si/c1-13(2,3)8-10-7-12-6-9(10)4-5-11/h5,8-9H,4,6-7H2,1-3H3/b10-8+. The molecule has 1 aliphatic rings. The molecule has 0 spiro atoms. The van der Waals surface area contributed by atoms with Crippen LogP contribution in [-0.2, 0) is 9.53 Å². The summed E-state index contributed by atoms with van der Waals surface area (Å²) in [5, 5.41) is 0. The first kappa shape index (κ1) is 10.7. The molecule has 0 radical (unpaired) electrons. The molecule has 0 aromatic heterocycles. The molecule has 2 nitrogen and oxygen atoms in total. The summed E-state index contributed by atoms with van der Waals surface area (Å²) in [5.41, 5.74) is 3.72. The van der Waals surface area contributed by atoms with Crippen LogP contribution in [0, 0.1) is 5.92 Å². The van der Waals surface area contributed by atoms with E-state index in [9.17, 15) is 4.79 Å². The van der Waals surface area contributed by atoms with Gasteiger partial charge in [0.15, 0.2) is 0 Å². The first-order valence-electron chi connectivity index (χ1n) is 4.76. The highest BCUT2D eigenvalue weighted by Crippen LogP contribution is 2.24. The van der Waals surface area contributed by atoms with Crippen LogP contribution in [0.3, 0.4) is 0 Å². The van der Waals surface area contributed by atoms with Crippen LogP contribution in [0.25, 0.3) is 0 Å². The Balaban J connectivity index is 2.67. The van der Waals surface area contributed by atoms with Gasteiger partial charge in [0, 0.05) is 12.3 Å². The zero-order valence-corrected chi connectivity index (χ0v) is 9.67. The molecule has 0 amide bonds. The zero-order valence-electron chi connectivity index (χ0n) is 8.67. The molecule has 0 aromatic rings. The maximum atomic E-state index is 10.4. The van der Waals surface area contributed by atoms with Crippen LogP contribution >= 0.6 is 0 Å². The second kappa shape index (κ2) is 4.20. The summed E-state index contributed by atoms with van der Waals surface area (Å²) < 4.78 is 5.36. The Morgan fingerprint density at radius 1 is 1.54 bits per heavy atom. The first-order chi connectivity index (χ1) is 6.03. The van der Waals surface area contributed by atoms with Crippen LogP contribution in [0.1, 0.15) is 6.42 Å². The molecule has 0 aliphatic carbocycles. The lowest BCUT2D eigenvalue weighted by atomic mass is 10.0. The molecule has 0 N–H and O–H groups in total. The minimum atomic E-state index is -1.15. The van der Waals surface area contributed by atoms with Crippen LogP contribution in [0.5, 0.6) is 0 Å². The molecule has 1 aliphatic heterocycles. The summed E-state index contributed by atoms with van der Waals surface area (Å²) >= 11 is 0. The Hall–Kier alpha value is -0.413. The second-order valence-corrected chi connectivity index (χ2v) is 9.72. The highest BCUT2D eigenvalue weighted by atomic mass is 28.3. The Labute approximate surface area is 81.0 Å². The number of hydrogen-bond donors (Lipinski definition) is 0. The highest BCUT2D eigenvalue weighted by Gasteiger charge is 2.23. The van der Waals surface area contributed by atoms with E-state index in [0.29, 0.717) is 12.3 Å². The van der Waals surface area contributed by atoms with E-state index < -0.39 is 8.07 Å². The zero-order chi connectivity index (χ0) is 9.90. The fourth-order valence-electron chi connectivity index (χ4n) is 1.60. The van der Waals surface area contributed by atoms with Crippen molar-refractivity contribution in [1.82, 2.24) is 0 Å². The molecule has 1 heterocycles. The lowest BCUT2D eigenvalue weighted by Gasteiger charge is -2.13. The van der Waals surface area contributed by atoms with Gasteiger partial charge in [-0.15, -0.1) is 0 Å².